The fraction of sp³-hybridized carbons (Fsp3) is 0.200. The molecule has 2 rings (SSSR count). The molecule has 1 unspecified atom stereocenters. The van der Waals surface area contributed by atoms with Crippen molar-refractivity contribution in [3.05, 3.63) is 64.7 Å². The van der Waals surface area contributed by atoms with Crippen molar-refractivity contribution < 1.29 is 0 Å². The molecule has 0 fully saturated rings. The summed E-state index contributed by atoms with van der Waals surface area (Å²) < 4.78 is 0. The van der Waals surface area contributed by atoms with Crippen molar-refractivity contribution in [2.24, 2.45) is 0 Å². The molecule has 94 valence electrons. The minimum absolute atomic E-state index is 0.207. The second kappa shape index (κ2) is 6.28. The molecule has 0 spiro atoms. The molecular formula is C15H16ClNS. The first-order chi connectivity index (χ1) is 8.74. The van der Waals surface area contributed by atoms with Crippen LogP contribution in [0.1, 0.15) is 17.2 Å². The number of hydrogen-bond acceptors (Lipinski definition) is 2. The molecule has 2 aromatic carbocycles. The average molecular weight is 278 g/mol. The predicted molar refractivity (Wildman–Crippen MR) is 80.6 cm³/mol. The summed E-state index contributed by atoms with van der Waals surface area (Å²) in [7, 11) is 1.97. The Morgan fingerprint density at radius 3 is 1.89 bits per heavy atom. The van der Waals surface area contributed by atoms with Crippen molar-refractivity contribution in [1.82, 2.24) is 5.32 Å². The molecule has 0 amide bonds. The molecule has 0 saturated heterocycles. The Morgan fingerprint density at radius 1 is 0.944 bits per heavy atom. The Labute approximate surface area is 118 Å². The second-order valence-corrected chi connectivity index (χ2v) is 5.36. The lowest BCUT2D eigenvalue weighted by Gasteiger charge is -2.17. The molecular weight excluding hydrogens is 262 g/mol. The van der Waals surface area contributed by atoms with Crippen LogP contribution in [0.5, 0.6) is 0 Å². The average Bonchev–Trinajstić information content (AvgIpc) is 2.42. The summed E-state index contributed by atoms with van der Waals surface area (Å²) in [6.07, 6.45) is 2.09. The van der Waals surface area contributed by atoms with Crippen LogP contribution in [0.25, 0.3) is 0 Å². The maximum Gasteiger partial charge on any atom is 0.0574 e. The van der Waals surface area contributed by atoms with Gasteiger partial charge in [-0.1, -0.05) is 35.9 Å². The Hall–Kier alpha value is -0.960. The summed E-state index contributed by atoms with van der Waals surface area (Å²) in [5, 5.41) is 4.11. The highest BCUT2D eigenvalue weighted by Crippen LogP contribution is 2.25. The van der Waals surface area contributed by atoms with E-state index in [-0.39, 0.29) is 6.04 Å². The Morgan fingerprint density at radius 2 is 1.44 bits per heavy atom. The lowest BCUT2D eigenvalue weighted by atomic mass is 9.99. The van der Waals surface area contributed by atoms with E-state index in [1.54, 1.807) is 11.8 Å². The fourth-order valence-corrected chi connectivity index (χ4v) is 2.51. The molecule has 0 aromatic heterocycles. The highest BCUT2D eigenvalue weighted by molar-refractivity contribution is 7.98. The zero-order chi connectivity index (χ0) is 13.0. The van der Waals surface area contributed by atoms with Gasteiger partial charge in [-0.05, 0) is 48.7 Å². The molecule has 18 heavy (non-hydrogen) atoms. The lowest BCUT2D eigenvalue weighted by Crippen LogP contribution is -2.17. The quantitative estimate of drug-likeness (QED) is 0.833. The molecule has 1 N–H and O–H groups in total. The molecule has 0 aliphatic rings. The fourth-order valence-electron chi connectivity index (χ4n) is 1.98. The maximum absolute atomic E-state index is 5.92. The van der Waals surface area contributed by atoms with E-state index in [9.17, 15) is 0 Å². The van der Waals surface area contributed by atoms with Crippen LogP contribution in [0.2, 0.25) is 5.02 Å². The number of thioether (sulfide) groups is 1. The maximum atomic E-state index is 5.92. The zero-order valence-corrected chi connectivity index (χ0v) is 12.1. The van der Waals surface area contributed by atoms with Crippen LogP contribution in [0.15, 0.2) is 53.4 Å². The highest BCUT2D eigenvalue weighted by Gasteiger charge is 2.11. The Bertz CT molecular complexity index is 493. The highest BCUT2D eigenvalue weighted by atomic mass is 35.5. The van der Waals surface area contributed by atoms with Crippen molar-refractivity contribution in [1.29, 1.82) is 0 Å². The molecule has 0 aliphatic heterocycles. The van der Waals surface area contributed by atoms with Gasteiger partial charge in [-0.2, -0.15) is 0 Å². The van der Waals surface area contributed by atoms with Crippen LogP contribution in [0.3, 0.4) is 0 Å². The van der Waals surface area contributed by atoms with Crippen LogP contribution in [-0.2, 0) is 0 Å². The number of rotatable bonds is 4. The van der Waals surface area contributed by atoms with E-state index < -0.39 is 0 Å². The molecule has 0 radical (unpaired) electrons. The van der Waals surface area contributed by atoms with Crippen LogP contribution in [-0.4, -0.2) is 13.3 Å². The number of halogens is 1. The van der Waals surface area contributed by atoms with E-state index in [1.165, 1.54) is 16.0 Å². The minimum atomic E-state index is 0.207. The van der Waals surface area contributed by atoms with E-state index in [1.807, 2.05) is 19.2 Å². The summed E-state index contributed by atoms with van der Waals surface area (Å²) >= 11 is 7.68. The van der Waals surface area contributed by atoms with Crippen LogP contribution in [0.4, 0.5) is 0 Å². The van der Waals surface area contributed by atoms with Crippen LogP contribution < -0.4 is 5.32 Å². The zero-order valence-electron chi connectivity index (χ0n) is 10.5. The first-order valence-electron chi connectivity index (χ1n) is 5.81. The lowest BCUT2D eigenvalue weighted by molar-refractivity contribution is 0.691. The third-order valence-electron chi connectivity index (χ3n) is 2.94. The van der Waals surface area contributed by atoms with Gasteiger partial charge in [0.15, 0.2) is 0 Å². The molecule has 3 heteroatoms. The van der Waals surface area contributed by atoms with Gasteiger partial charge in [0.1, 0.15) is 0 Å². The second-order valence-electron chi connectivity index (χ2n) is 4.05. The molecule has 1 nitrogen and oxygen atoms in total. The summed E-state index contributed by atoms with van der Waals surface area (Å²) in [5.41, 5.74) is 2.48. The van der Waals surface area contributed by atoms with Crippen LogP contribution >= 0.6 is 23.4 Å². The summed E-state index contributed by atoms with van der Waals surface area (Å²) in [5.74, 6) is 0. The van der Waals surface area contributed by atoms with Crippen molar-refractivity contribution in [2.45, 2.75) is 10.9 Å². The number of hydrogen-bond donors (Lipinski definition) is 1. The third-order valence-corrected chi connectivity index (χ3v) is 3.94. The molecule has 2 aromatic rings. The van der Waals surface area contributed by atoms with Gasteiger partial charge in [0.25, 0.3) is 0 Å². The molecule has 0 saturated carbocycles. The van der Waals surface area contributed by atoms with Gasteiger partial charge in [0, 0.05) is 9.92 Å². The minimum Gasteiger partial charge on any atom is -0.309 e. The smallest absolute Gasteiger partial charge is 0.0574 e. The van der Waals surface area contributed by atoms with Gasteiger partial charge in [0.2, 0.25) is 0 Å². The summed E-state index contributed by atoms with van der Waals surface area (Å²) in [6, 6.07) is 16.8. The topological polar surface area (TPSA) is 12.0 Å². The van der Waals surface area contributed by atoms with Crippen molar-refractivity contribution in [3.8, 4) is 0 Å². The molecule has 1 atom stereocenters. The monoisotopic (exact) mass is 277 g/mol. The summed E-state index contributed by atoms with van der Waals surface area (Å²) in [6.45, 7) is 0. The molecule has 0 bridgehead atoms. The SMILES string of the molecule is CNC(c1ccc(Cl)cc1)c1ccc(SC)cc1. The number of benzene rings is 2. The van der Waals surface area contributed by atoms with Gasteiger partial charge in [0.05, 0.1) is 6.04 Å². The largest absolute Gasteiger partial charge is 0.309 e. The Kier molecular flexibility index (Phi) is 4.70. The van der Waals surface area contributed by atoms with E-state index in [2.05, 4.69) is 48.0 Å². The third kappa shape index (κ3) is 3.08. The van der Waals surface area contributed by atoms with Crippen molar-refractivity contribution >= 4 is 23.4 Å². The Balaban J connectivity index is 2.29. The molecule has 0 aliphatic carbocycles. The summed E-state index contributed by atoms with van der Waals surface area (Å²) in [4.78, 5) is 1.28. The van der Waals surface area contributed by atoms with Crippen molar-refractivity contribution in [3.63, 3.8) is 0 Å². The normalized spacial score (nSPS) is 12.4. The van der Waals surface area contributed by atoms with Crippen LogP contribution in [0, 0.1) is 0 Å². The van der Waals surface area contributed by atoms with Gasteiger partial charge in [-0.15, -0.1) is 11.8 Å². The van der Waals surface area contributed by atoms with Crippen molar-refractivity contribution in [2.75, 3.05) is 13.3 Å². The van der Waals surface area contributed by atoms with E-state index in [0.717, 1.165) is 5.02 Å². The van der Waals surface area contributed by atoms with E-state index in [0.29, 0.717) is 0 Å². The standard InChI is InChI=1S/C15H16ClNS/c1-17-15(11-3-7-13(16)8-4-11)12-5-9-14(18-2)10-6-12/h3-10,15,17H,1-2H3. The van der Waals surface area contributed by atoms with Gasteiger partial charge in [-0.25, -0.2) is 0 Å². The van der Waals surface area contributed by atoms with Gasteiger partial charge >= 0.3 is 0 Å². The van der Waals surface area contributed by atoms with E-state index in [4.69, 9.17) is 11.6 Å². The molecule has 0 heterocycles. The van der Waals surface area contributed by atoms with E-state index >= 15 is 0 Å². The predicted octanol–water partition coefficient (Wildman–Crippen LogP) is 4.37. The number of nitrogens with one attached hydrogen (secondary N) is 1. The van der Waals surface area contributed by atoms with Gasteiger partial charge in [-0.3, -0.25) is 0 Å². The first kappa shape index (κ1) is 13.5. The van der Waals surface area contributed by atoms with Gasteiger partial charge < -0.3 is 5.32 Å². The first-order valence-corrected chi connectivity index (χ1v) is 7.41.